The minimum atomic E-state index is 0.615. The smallest absolute Gasteiger partial charge is 0.152 e. The van der Waals surface area contributed by atoms with Crippen molar-refractivity contribution in [2.45, 2.75) is 13.0 Å². The highest BCUT2D eigenvalue weighted by Gasteiger charge is 2.07. The van der Waals surface area contributed by atoms with Crippen molar-refractivity contribution in [2.75, 3.05) is 5.88 Å². The van der Waals surface area contributed by atoms with E-state index in [1.807, 2.05) is 29.0 Å². The normalized spacial score (nSPS) is 10.9. The lowest BCUT2D eigenvalue weighted by molar-refractivity contribution is 0.112. The first-order valence-electron chi connectivity index (χ1n) is 5.06. The Morgan fingerprint density at radius 3 is 2.88 bits per heavy atom. The van der Waals surface area contributed by atoms with Crippen LogP contribution < -0.4 is 0 Å². The molecule has 0 spiro atoms. The SMILES string of the molecule is O=Cc1cn(CCCCl)c2ccc(Cl)cc12. The van der Waals surface area contributed by atoms with Gasteiger partial charge >= 0.3 is 0 Å². The molecule has 84 valence electrons. The van der Waals surface area contributed by atoms with Crippen LogP contribution >= 0.6 is 23.2 Å². The minimum absolute atomic E-state index is 0.615. The topological polar surface area (TPSA) is 22.0 Å². The fraction of sp³-hybridized carbons (Fsp3) is 0.250. The van der Waals surface area contributed by atoms with Crippen molar-refractivity contribution in [3.8, 4) is 0 Å². The minimum Gasteiger partial charge on any atom is -0.347 e. The van der Waals surface area contributed by atoms with Crippen LogP contribution in [-0.4, -0.2) is 16.7 Å². The van der Waals surface area contributed by atoms with E-state index in [0.29, 0.717) is 16.5 Å². The predicted octanol–water partition coefficient (Wildman–Crippen LogP) is 3.74. The molecule has 0 unspecified atom stereocenters. The molecule has 1 aromatic carbocycles. The van der Waals surface area contributed by atoms with Crippen LogP contribution in [0.15, 0.2) is 24.4 Å². The molecule has 4 heteroatoms. The van der Waals surface area contributed by atoms with Gasteiger partial charge in [-0.2, -0.15) is 0 Å². The number of nitrogens with zero attached hydrogens (tertiary/aromatic N) is 1. The molecule has 0 N–H and O–H groups in total. The summed E-state index contributed by atoms with van der Waals surface area (Å²) in [6.07, 6.45) is 3.59. The van der Waals surface area contributed by atoms with E-state index >= 15 is 0 Å². The summed E-state index contributed by atoms with van der Waals surface area (Å²) < 4.78 is 2.04. The van der Waals surface area contributed by atoms with Crippen molar-refractivity contribution >= 4 is 40.4 Å². The highest BCUT2D eigenvalue weighted by atomic mass is 35.5. The second-order valence-electron chi connectivity index (χ2n) is 3.60. The average molecular weight is 256 g/mol. The molecule has 1 aromatic heterocycles. The number of aromatic nitrogens is 1. The zero-order chi connectivity index (χ0) is 11.5. The Morgan fingerprint density at radius 1 is 1.38 bits per heavy atom. The van der Waals surface area contributed by atoms with Gasteiger partial charge in [-0.1, -0.05) is 11.6 Å². The van der Waals surface area contributed by atoms with Gasteiger partial charge in [-0.05, 0) is 24.6 Å². The summed E-state index contributed by atoms with van der Waals surface area (Å²) in [6.45, 7) is 0.815. The van der Waals surface area contributed by atoms with Crippen LogP contribution in [0, 0.1) is 0 Å². The van der Waals surface area contributed by atoms with E-state index in [1.54, 1.807) is 0 Å². The molecule has 0 aliphatic rings. The Kier molecular flexibility index (Phi) is 3.52. The van der Waals surface area contributed by atoms with Crippen LogP contribution in [0.1, 0.15) is 16.8 Å². The summed E-state index contributed by atoms with van der Waals surface area (Å²) >= 11 is 11.6. The maximum absolute atomic E-state index is 10.9. The van der Waals surface area contributed by atoms with Crippen molar-refractivity contribution in [1.82, 2.24) is 4.57 Å². The van der Waals surface area contributed by atoms with Crippen molar-refractivity contribution in [1.29, 1.82) is 0 Å². The van der Waals surface area contributed by atoms with Crippen molar-refractivity contribution in [2.24, 2.45) is 0 Å². The number of fused-ring (bicyclic) bond motifs is 1. The summed E-state index contributed by atoms with van der Waals surface area (Å²) in [5.74, 6) is 0.615. The maximum atomic E-state index is 10.9. The van der Waals surface area contributed by atoms with Crippen LogP contribution in [0.4, 0.5) is 0 Å². The van der Waals surface area contributed by atoms with Gasteiger partial charge in [-0.3, -0.25) is 4.79 Å². The first kappa shape index (κ1) is 11.5. The Morgan fingerprint density at radius 2 is 2.19 bits per heavy atom. The van der Waals surface area contributed by atoms with Gasteiger partial charge in [0.05, 0.1) is 0 Å². The summed E-state index contributed by atoms with van der Waals surface area (Å²) in [5.41, 5.74) is 1.70. The fourth-order valence-electron chi connectivity index (χ4n) is 1.81. The highest BCUT2D eigenvalue weighted by Crippen LogP contribution is 2.24. The zero-order valence-corrected chi connectivity index (χ0v) is 10.1. The molecule has 0 aliphatic heterocycles. The molecule has 0 radical (unpaired) electrons. The molecule has 2 nitrogen and oxygen atoms in total. The monoisotopic (exact) mass is 255 g/mol. The number of hydrogen-bond acceptors (Lipinski definition) is 1. The highest BCUT2D eigenvalue weighted by molar-refractivity contribution is 6.31. The van der Waals surface area contributed by atoms with Gasteiger partial charge in [-0.25, -0.2) is 0 Å². The Bertz CT molecular complexity index is 519. The maximum Gasteiger partial charge on any atom is 0.152 e. The van der Waals surface area contributed by atoms with Gasteiger partial charge in [0.2, 0.25) is 0 Å². The third kappa shape index (κ3) is 2.08. The van der Waals surface area contributed by atoms with Gasteiger partial charge in [0, 0.05) is 40.1 Å². The van der Waals surface area contributed by atoms with Crippen molar-refractivity contribution < 1.29 is 4.79 Å². The Labute approximate surface area is 104 Å². The fourth-order valence-corrected chi connectivity index (χ4v) is 2.10. The lowest BCUT2D eigenvalue weighted by Gasteiger charge is -2.02. The second-order valence-corrected chi connectivity index (χ2v) is 4.41. The van der Waals surface area contributed by atoms with Crippen molar-refractivity contribution in [3.63, 3.8) is 0 Å². The van der Waals surface area contributed by atoms with E-state index in [9.17, 15) is 4.79 Å². The lowest BCUT2D eigenvalue weighted by Crippen LogP contribution is -1.96. The van der Waals surface area contributed by atoms with Crippen LogP contribution in [0.2, 0.25) is 5.02 Å². The van der Waals surface area contributed by atoms with E-state index in [-0.39, 0.29) is 0 Å². The molecule has 1 heterocycles. The number of rotatable bonds is 4. The standard InChI is InChI=1S/C12H11Cl2NO/c13-4-1-5-15-7-9(8-16)11-6-10(14)2-3-12(11)15/h2-3,6-8H,1,4-5H2. The number of benzene rings is 1. The molecule has 0 amide bonds. The van der Waals surface area contributed by atoms with E-state index in [2.05, 4.69) is 0 Å². The van der Waals surface area contributed by atoms with Crippen LogP contribution in [-0.2, 0) is 6.54 Å². The Balaban J connectivity index is 2.54. The van der Waals surface area contributed by atoms with Crippen LogP contribution in [0.3, 0.4) is 0 Å². The summed E-state index contributed by atoms with van der Waals surface area (Å²) in [5, 5.41) is 1.54. The summed E-state index contributed by atoms with van der Waals surface area (Å²) in [4.78, 5) is 10.9. The number of aldehydes is 1. The van der Waals surface area contributed by atoms with Gasteiger partial charge < -0.3 is 4.57 Å². The van der Waals surface area contributed by atoms with Gasteiger partial charge in [-0.15, -0.1) is 11.6 Å². The molecule has 0 atom stereocenters. The predicted molar refractivity (Wildman–Crippen MR) is 67.7 cm³/mol. The van der Waals surface area contributed by atoms with E-state index in [0.717, 1.165) is 30.2 Å². The first-order chi connectivity index (χ1) is 7.76. The third-order valence-corrected chi connectivity index (χ3v) is 3.04. The molecule has 0 aliphatic carbocycles. The number of aryl methyl sites for hydroxylation is 1. The van der Waals surface area contributed by atoms with Crippen LogP contribution in [0.5, 0.6) is 0 Å². The number of alkyl halides is 1. The van der Waals surface area contributed by atoms with E-state index < -0.39 is 0 Å². The van der Waals surface area contributed by atoms with Gasteiger partial charge in [0.15, 0.2) is 6.29 Å². The third-order valence-electron chi connectivity index (χ3n) is 2.53. The quantitative estimate of drug-likeness (QED) is 0.603. The average Bonchev–Trinajstić information content (AvgIpc) is 2.63. The van der Waals surface area contributed by atoms with Crippen LogP contribution in [0.25, 0.3) is 10.9 Å². The van der Waals surface area contributed by atoms with Gasteiger partial charge in [0.1, 0.15) is 0 Å². The first-order valence-corrected chi connectivity index (χ1v) is 5.97. The number of hydrogen-bond donors (Lipinski definition) is 0. The van der Waals surface area contributed by atoms with E-state index in [4.69, 9.17) is 23.2 Å². The summed E-state index contributed by atoms with van der Waals surface area (Å²) in [7, 11) is 0. The van der Waals surface area contributed by atoms with Gasteiger partial charge in [0.25, 0.3) is 0 Å². The molecule has 16 heavy (non-hydrogen) atoms. The molecule has 0 fully saturated rings. The lowest BCUT2D eigenvalue weighted by atomic mass is 10.2. The molecular formula is C12H11Cl2NO. The zero-order valence-electron chi connectivity index (χ0n) is 8.62. The number of halogens is 2. The Hall–Kier alpha value is -0.990. The largest absolute Gasteiger partial charge is 0.347 e. The van der Waals surface area contributed by atoms with E-state index in [1.165, 1.54) is 0 Å². The number of carbonyl (C=O) groups is 1. The van der Waals surface area contributed by atoms with Crippen molar-refractivity contribution in [3.05, 3.63) is 35.0 Å². The molecule has 0 saturated carbocycles. The molecule has 2 rings (SSSR count). The second kappa shape index (κ2) is 4.89. The molecule has 0 bridgehead atoms. The molecule has 0 saturated heterocycles. The molecule has 2 aromatic rings. The molecular weight excluding hydrogens is 245 g/mol. The number of carbonyl (C=O) groups excluding carboxylic acids is 1. The summed E-state index contributed by atoms with van der Waals surface area (Å²) in [6, 6.07) is 5.58.